The lowest BCUT2D eigenvalue weighted by Gasteiger charge is -2.05. The molecular weight excluding hydrogens is 382 g/mol. The first kappa shape index (κ1) is 16.2. The van der Waals surface area contributed by atoms with Crippen molar-refractivity contribution in [2.24, 2.45) is 0 Å². The molecule has 0 saturated heterocycles. The van der Waals surface area contributed by atoms with Gasteiger partial charge in [-0.1, -0.05) is 6.92 Å². The second-order valence-electron chi connectivity index (χ2n) is 4.10. The first-order valence-corrected chi connectivity index (χ1v) is 9.08. The minimum absolute atomic E-state index is 0.130. The summed E-state index contributed by atoms with van der Waals surface area (Å²) in [6.45, 7) is 2.15. The molecule has 0 aliphatic carbocycles. The minimum atomic E-state index is -3.85. The maximum absolute atomic E-state index is 12.2. The zero-order chi connectivity index (χ0) is 15.6. The Kier molecular flexibility index (Phi) is 4.87. The van der Waals surface area contributed by atoms with Crippen molar-refractivity contribution < 1.29 is 22.7 Å². The topological polar surface area (TPSA) is 96.6 Å². The Morgan fingerprint density at radius 2 is 2.24 bits per heavy atom. The van der Waals surface area contributed by atoms with Gasteiger partial charge in [0.05, 0.1) is 0 Å². The number of rotatable bonds is 6. The average Bonchev–Trinajstić information content (AvgIpc) is 3.02. The number of carbonyl (C=O) groups is 1. The number of thiophene rings is 1. The predicted molar refractivity (Wildman–Crippen MR) is 81.1 cm³/mol. The standard InChI is InChI=1S/C12H12BrNO5S2/c1-2-7-3-4-20-9(7)6-14-21(17,18)10-5-8(12(15)16)19-11(10)13/h3-5,14H,2,6H2,1H3,(H,15,16). The smallest absolute Gasteiger partial charge is 0.371 e. The zero-order valence-corrected chi connectivity index (χ0v) is 14.1. The molecule has 2 N–H and O–H groups in total. The van der Waals surface area contributed by atoms with Crippen LogP contribution in [0.1, 0.15) is 27.9 Å². The number of aromatic carboxylic acids is 1. The van der Waals surface area contributed by atoms with Gasteiger partial charge in [0.25, 0.3) is 0 Å². The van der Waals surface area contributed by atoms with Crippen LogP contribution in [0.25, 0.3) is 0 Å². The molecule has 0 fully saturated rings. The molecule has 6 nitrogen and oxygen atoms in total. The Bertz CT molecular complexity index is 762. The molecular formula is C12H12BrNO5S2. The van der Waals surface area contributed by atoms with E-state index < -0.39 is 21.8 Å². The van der Waals surface area contributed by atoms with Crippen molar-refractivity contribution in [2.45, 2.75) is 24.8 Å². The highest BCUT2D eigenvalue weighted by molar-refractivity contribution is 9.10. The molecule has 0 spiro atoms. The third-order valence-electron chi connectivity index (χ3n) is 2.80. The number of furan rings is 1. The van der Waals surface area contributed by atoms with E-state index in [4.69, 9.17) is 9.52 Å². The van der Waals surface area contributed by atoms with Crippen LogP contribution in [-0.2, 0) is 23.0 Å². The minimum Gasteiger partial charge on any atom is -0.475 e. The number of hydrogen-bond donors (Lipinski definition) is 2. The van der Waals surface area contributed by atoms with E-state index in [-0.39, 0.29) is 16.1 Å². The van der Waals surface area contributed by atoms with Gasteiger partial charge in [0.2, 0.25) is 15.8 Å². The van der Waals surface area contributed by atoms with Crippen LogP contribution in [0.2, 0.25) is 0 Å². The molecule has 0 aliphatic rings. The number of halogens is 1. The molecule has 2 aromatic rings. The molecule has 0 amide bonds. The van der Waals surface area contributed by atoms with Crippen molar-refractivity contribution in [1.29, 1.82) is 0 Å². The van der Waals surface area contributed by atoms with Gasteiger partial charge in [-0.05, 0) is 39.4 Å². The van der Waals surface area contributed by atoms with E-state index in [0.29, 0.717) is 0 Å². The van der Waals surface area contributed by atoms with Gasteiger partial charge < -0.3 is 9.52 Å². The Labute approximate surface area is 134 Å². The largest absolute Gasteiger partial charge is 0.475 e. The van der Waals surface area contributed by atoms with Crippen molar-refractivity contribution in [3.63, 3.8) is 0 Å². The van der Waals surface area contributed by atoms with E-state index in [1.54, 1.807) is 0 Å². The number of carboxylic acids is 1. The quantitative estimate of drug-likeness (QED) is 0.786. The highest BCUT2D eigenvalue weighted by atomic mass is 79.9. The van der Waals surface area contributed by atoms with Gasteiger partial charge in [0, 0.05) is 17.5 Å². The van der Waals surface area contributed by atoms with E-state index in [0.717, 1.165) is 22.9 Å². The number of aryl methyl sites for hydroxylation is 1. The molecule has 0 bridgehead atoms. The predicted octanol–water partition coefficient (Wildman–Crippen LogP) is 2.84. The molecule has 2 heterocycles. The van der Waals surface area contributed by atoms with Crippen LogP contribution in [0.15, 0.2) is 31.5 Å². The maximum Gasteiger partial charge on any atom is 0.371 e. The van der Waals surface area contributed by atoms with Crippen LogP contribution >= 0.6 is 27.3 Å². The normalized spacial score (nSPS) is 11.7. The number of hydrogen-bond acceptors (Lipinski definition) is 5. The molecule has 9 heteroatoms. The van der Waals surface area contributed by atoms with Crippen molar-refractivity contribution in [2.75, 3.05) is 0 Å². The Balaban J connectivity index is 2.21. The lowest BCUT2D eigenvalue weighted by atomic mass is 10.2. The fraction of sp³-hybridized carbons (Fsp3) is 0.250. The number of carboxylic acid groups (broad SMARTS) is 1. The van der Waals surface area contributed by atoms with E-state index in [2.05, 4.69) is 20.7 Å². The third-order valence-corrected chi connectivity index (χ3v) is 6.02. The Hall–Kier alpha value is -1.16. The van der Waals surface area contributed by atoms with Crippen molar-refractivity contribution in [1.82, 2.24) is 4.72 Å². The number of nitrogens with one attached hydrogen (secondary N) is 1. The van der Waals surface area contributed by atoms with Gasteiger partial charge in [-0.25, -0.2) is 17.9 Å². The zero-order valence-electron chi connectivity index (χ0n) is 10.9. The van der Waals surface area contributed by atoms with Crippen LogP contribution in [0.3, 0.4) is 0 Å². The molecule has 2 rings (SSSR count). The summed E-state index contributed by atoms with van der Waals surface area (Å²) in [6.07, 6.45) is 0.819. The third kappa shape index (κ3) is 3.54. The van der Waals surface area contributed by atoms with E-state index in [9.17, 15) is 13.2 Å². The van der Waals surface area contributed by atoms with Crippen LogP contribution in [-0.4, -0.2) is 19.5 Å². The molecule has 114 valence electrons. The van der Waals surface area contributed by atoms with Crippen molar-refractivity contribution in [3.8, 4) is 0 Å². The van der Waals surface area contributed by atoms with Crippen molar-refractivity contribution in [3.05, 3.63) is 38.4 Å². The summed E-state index contributed by atoms with van der Waals surface area (Å²) in [5.41, 5.74) is 1.08. The first-order chi connectivity index (χ1) is 9.85. The second kappa shape index (κ2) is 6.30. The summed E-state index contributed by atoms with van der Waals surface area (Å²) in [4.78, 5) is 11.5. The highest BCUT2D eigenvalue weighted by Gasteiger charge is 2.24. The van der Waals surface area contributed by atoms with Gasteiger partial charge in [-0.3, -0.25) is 0 Å². The first-order valence-electron chi connectivity index (χ1n) is 5.92. The summed E-state index contributed by atoms with van der Waals surface area (Å²) >= 11 is 4.39. The second-order valence-corrected chi connectivity index (χ2v) is 7.56. The molecule has 0 radical (unpaired) electrons. The Morgan fingerprint density at radius 1 is 1.52 bits per heavy atom. The summed E-state index contributed by atoms with van der Waals surface area (Å²) in [6, 6.07) is 2.93. The fourth-order valence-corrected chi connectivity index (χ4v) is 4.66. The lowest BCUT2D eigenvalue weighted by molar-refractivity contribution is 0.0661. The van der Waals surface area contributed by atoms with Gasteiger partial charge in [-0.15, -0.1) is 11.3 Å². The molecule has 0 saturated carbocycles. The van der Waals surface area contributed by atoms with Crippen LogP contribution in [0.4, 0.5) is 0 Å². The summed E-state index contributed by atoms with van der Waals surface area (Å²) in [5, 5.41) is 10.7. The molecule has 0 aliphatic heterocycles. The lowest BCUT2D eigenvalue weighted by Crippen LogP contribution is -2.23. The molecule has 21 heavy (non-hydrogen) atoms. The maximum atomic E-state index is 12.2. The van der Waals surface area contributed by atoms with Gasteiger partial charge in [0.1, 0.15) is 4.90 Å². The van der Waals surface area contributed by atoms with Gasteiger partial charge in [-0.2, -0.15) is 0 Å². The van der Waals surface area contributed by atoms with Crippen LogP contribution in [0.5, 0.6) is 0 Å². The summed E-state index contributed by atoms with van der Waals surface area (Å²) in [5.74, 6) is -1.77. The van der Waals surface area contributed by atoms with Crippen LogP contribution in [0, 0.1) is 0 Å². The van der Waals surface area contributed by atoms with Crippen molar-refractivity contribution >= 4 is 43.3 Å². The van der Waals surface area contributed by atoms with Crippen LogP contribution < -0.4 is 4.72 Å². The Morgan fingerprint density at radius 3 is 2.81 bits per heavy atom. The number of sulfonamides is 1. The molecule has 0 aromatic carbocycles. The summed E-state index contributed by atoms with van der Waals surface area (Å²) in [7, 11) is -3.85. The average molecular weight is 394 g/mol. The SMILES string of the molecule is CCc1ccsc1CNS(=O)(=O)c1cc(C(=O)O)oc1Br. The molecule has 0 unspecified atom stereocenters. The van der Waals surface area contributed by atoms with E-state index >= 15 is 0 Å². The van der Waals surface area contributed by atoms with Gasteiger partial charge in [0.15, 0.2) is 4.67 Å². The van der Waals surface area contributed by atoms with E-state index in [1.807, 2.05) is 18.4 Å². The molecule has 2 aromatic heterocycles. The molecule has 0 atom stereocenters. The fourth-order valence-electron chi connectivity index (χ4n) is 1.72. The van der Waals surface area contributed by atoms with E-state index in [1.165, 1.54) is 11.3 Å². The summed E-state index contributed by atoms with van der Waals surface area (Å²) < 4.78 is 31.5. The highest BCUT2D eigenvalue weighted by Crippen LogP contribution is 2.26. The van der Waals surface area contributed by atoms with Gasteiger partial charge >= 0.3 is 5.97 Å². The monoisotopic (exact) mass is 393 g/mol.